The van der Waals surface area contributed by atoms with Crippen molar-refractivity contribution in [3.63, 3.8) is 0 Å². The van der Waals surface area contributed by atoms with Crippen LogP contribution in [-0.4, -0.2) is 18.4 Å². The number of aliphatic imine (C=N–C) groups is 1. The molecule has 2 rings (SSSR count). The fraction of sp³-hybridized carbons (Fsp3) is 0.462. The molecule has 1 saturated carbocycles. The van der Waals surface area contributed by atoms with Gasteiger partial charge in [0.15, 0.2) is 0 Å². The second kappa shape index (κ2) is 4.78. The van der Waals surface area contributed by atoms with Crippen molar-refractivity contribution in [2.24, 2.45) is 4.99 Å². The van der Waals surface area contributed by atoms with Gasteiger partial charge in [0, 0.05) is 34.5 Å². The Balaban J connectivity index is 2.52. The number of hydrogen-bond acceptors (Lipinski definition) is 3. The zero-order valence-electron chi connectivity index (χ0n) is 9.91. The third kappa shape index (κ3) is 2.24. The Morgan fingerprint density at radius 2 is 2.06 bits per heavy atom. The molecular weight excluding hydrogens is 280 g/mol. The van der Waals surface area contributed by atoms with Crippen molar-refractivity contribution in [1.82, 2.24) is 0 Å². The summed E-state index contributed by atoms with van der Waals surface area (Å²) in [6, 6.07) is 3.84. The highest BCUT2D eigenvalue weighted by atomic mass is 79.9. The summed E-state index contributed by atoms with van der Waals surface area (Å²) in [6.45, 7) is 0. The lowest BCUT2D eigenvalue weighted by molar-refractivity contribution is 0.0452. The minimum absolute atomic E-state index is 0.634. The Hall–Kier alpha value is -0.870. The highest BCUT2D eigenvalue weighted by Gasteiger charge is 2.35. The molecular formula is C13H17BrN2O. The largest absolute Gasteiger partial charge is 0.398 e. The smallest absolute Gasteiger partial charge is 0.0916 e. The molecule has 0 atom stereocenters. The first-order valence-electron chi connectivity index (χ1n) is 5.81. The topological polar surface area (TPSA) is 58.6 Å². The maximum Gasteiger partial charge on any atom is 0.0916 e. The second-order valence-corrected chi connectivity index (χ2v) is 5.40. The lowest BCUT2D eigenvalue weighted by Gasteiger charge is -2.25. The van der Waals surface area contributed by atoms with Crippen molar-refractivity contribution in [2.45, 2.75) is 31.3 Å². The predicted molar refractivity (Wildman–Crippen MR) is 74.4 cm³/mol. The maximum absolute atomic E-state index is 10.6. The van der Waals surface area contributed by atoms with E-state index in [1.807, 2.05) is 12.1 Å². The van der Waals surface area contributed by atoms with E-state index in [2.05, 4.69) is 20.9 Å². The van der Waals surface area contributed by atoms with Gasteiger partial charge in [-0.25, -0.2) is 0 Å². The molecule has 0 bridgehead atoms. The fourth-order valence-corrected chi connectivity index (χ4v) is 2.95. The van der Waals surface area contributed by atoms with Crippen molar-refractivity contribution in [2.75, 3.05) is 12.8 Å². The van der Waals surface area contributed by atoms with Crippen molar-refractivity contribution < 1.29 is 5.11 Å². The van der Waals surface area contributed by atoms with Gasteiger partial charge in [-0.15, -0.1) is 0 Å². The third-order valence-corrected chi connectivity index (χ3v) is 4.12. The van der Waals surface area contributed by atoms with Crippen molar-refractivity contribution in [3.8, 4) is 0 Å². The number of benzene rings is 1. The molecule has 3 N–H and O–H groups in total. The third-order valence-electron chi connectivity index (χ3n) is 3.42. The van der Waals surface area contributed by atoms with Crippen LogP contribution in [0.15, 0.2) is 21.6 Å². The van der Waals surface area contributed by atoms with E-state index in [9.17, 15) is 5.11 Å². The Labute approximate surface area is 110 Å². The minimum atomic E-state index is -0.749. The molecule has 1 fully saturated rings. The molecule has 0 aliphatic heterocycles. The summed E-state index contributed by atoms with van der Waals surface area (Å²) < 4.78 is 0.908. The Morgan fingerprint density at radius 3 is 2.65 bits per heavy atom. The summed E-state index contributed by atoms with van der Waals surface area (Å²) in [5.41, 5.74) is 7.73. The van der Waals surface area contributed by atoms with Gasteiger partial charge in [-0.3, -0.25) is 4.99 Å². The van der Waals surface area contributed by atoms with Crippen molar-refractivity contribution >= 4 is 27.8 Å². The first-order valence-corrected chi connectivity index (χ1v) is 6.61. The van der Waals surface area contributed by atoms with E-state index < -0.39 is 5.60 Å². The van der Waals surface area contributed by atoms with Gasteiger partial charge < -0.3 is 10.8 Å². The summed E-state index contributed by atoms with van der Waals surface area (Å²) >= 11 is 3.46. The van der Waals surface area contributed by atoms with E-state index in [1.54, 1.807) is 13.3 Å². The van der Waals surface area contributed by atoms with Crippen LogP contribution in [0.4, 0.5) is 5.69 Å². The van der Waals surface area contributed by atoms with Crippen molar-refractivity contribution in [1.29, 1.82) is 0 Å². The molecule has 0 radical (unpaired) electrons. The Bertz CT molecular complexity index is 451. The second-order valence-electron chi connectivity index (χ2n) is 4.55. The molecule has 1 aliphatic carbocycles. The number of anilines is 1. The van der Waals surface area contributed by atoms with E-state index in [0.717, 1.165) is 41.3 Å². The van der Waals surface area contributed by atoms with Crippen LogP contribution in [0.3, 0.4) is 0 Å². The van der Waals surface area contributed by atoms with Crippen LogP contribution in [0.1, 0.15) is 36.8 Å². The quantitative estimate of drug-likeness (QED) is 0.651. The van der Waals surface area contributed by atoms with Crippen LogP contribution >= 0.6 is 15.9 Å². The summed E-state index contributed by atoms with van der Waals surface area (Å²) in [6.07, 6.45) is 5.43. The molecule has 0 heterocycles. The lowest BCUT2D eigenvalue weighted by Crippen LogP contribution is -2.23. The lowest BCUT2D eigenvalue weighted by atomic mass is 9.89. The van der Waals surface area contributed by atoms with Crippen LogP contribution in [0.2, 0.25) is 0 Å². The number of rotatable bonds is 2. The monoisotopic (exact) mass is 296 g/mol. The van der Waals surface area contributed by atoms with Gasteiger partial charge in [-0.1, -0.05) is 34.8 Å². The molecule has 0 aromatic heterocycles. The van der Waals surface area contributed by atoms with Gasteiger partial charge in [0.1, 0.15) is 0 Å². The number of halogens is 1. The van der Waals surface area contributed by atoms with Crippen LogP contribution in [-0.2, 0) is 5.60 Å². The summed E-state index contributed by atoms with van der Waals surface area (Å²) in [4.78, 5) is 4.00. The molecule has 1 aliphatic rings. The van der Waals surface area contributed by atoms with Gasteiger partial charge in [-0.05, 0) is 18.9 Å². The summed E-state index contributed by atoms with van der Waals surface area (Å²) in [5, 5.41) is 10.6. The van der Waals surface area contributed by atoms with Gasteiger partial charge in [-0.2, -0.15) is 0 Å². The molecule has 3 nitrogen and oxygen atoms in total. The Morgan fingerprint density at radius 1 is 1.41 bits per heavy atom. The van der Waals surface area contributed by atoms with Crippen LogP contribution in [0, 0.1) is 0 Å². The Kier molecular flexibility index (Phi) is 3.54. The molecule has 1 aromatic rings. The molecule has 0 unspecified atom stereocenters. The molecule has 17 heavy (non-hydrogen) atoms. The van der Waals surface area contributed by atoms with Gasteiger partial charge >= 0.3 is 0 Å². The number of aliphatic hydroxyl groups is 1. The molecule has 0 saturated heterocycles. The number of nitrogens with two attached hydrogens (primary N) is 1. The predicted octanol–water partition coefficient (Wildman–Crippen LogP) is 2.84. The highest BCUT2D eigenvalue weighted by Crippen LogP contribution is 2.42. The van der Waals surface area contributed by atoms with E-state index >= 15 is 0 Å². The molecule has 92 valence electrons. The average Bonchev–Trinajstić information content (AvgIpc) is 2.72. The normalized spacial score (nSPS) is 19.0. The first kappa shape index (κ1) is 12.6. The zero-order valence-corrected chi connectivity index (χ0v) is 11.5. The standard InChI is InChI=1S/C13H17BrN2O/c1-16-8-9-11(14)5-4-10(12(9)15)13(17)6-2-3-7-13/h4-5,8,17H,2-3,6-7,15H2,1H3. The van der Waals surface area contributed by atoms with Gasteiger partial charge in [0.25, 0.3) is 0 Å². The number of nitrogens with zero attached hydrogens (tertiary/aromatic N) is 1. The van der Waals surface area contributed by atoms with E-state index in [-0.39, 0.29) is 0 Å². The van der Waals surface area contributed by atoms with E-state index in [4.69, 9.17) is 5.73 Å². The molecule has 0 amide bonds. The zero-order chi connectivity index (χ0) is 12.5. The van der Waals surface area contributed by atoms with Crippen LogP contribution < -0.4 is 5.73 Å². The summed E-state index contributed by atoms with van der Waals surface area (Å²) in [5.74, 6) is 0. The van der Waals surface area contributed by atoms with Gasteiger partial charge in [0.2, 0.25) is 0 Å². The SMILES string of the molecule is CN=Cc1c(Br)ccc(C2(O)CCCC2)c1N. The highest BCUT2D eigenvalue weighted by molar-refractivity contribution is 9.10. The number of nitrogen functional groups attached to an aromatic ring is 1. The van der Waals surface area contributed by atoms with Gasteiger partial charge in [0.05, 0.1) is 5.60 Å². The van der Waals surface area contributed by atoms with E-state index in [0.29, 0.717) is 5.69 Å². The number of hydrogen-bond donors (Lipinski definition) is 2. The maximum atomic E-state index is 10.6. The summed E-state index contributed by atoms with van der Waals surface area (Å²) in [7, 11) is 1.71. The average molecular weight is 297 g/mol. The van der Waals surface area contributed by atoms with Crippen LogP contribution in [0.25, 0.3) is 0 Å². The minimum Gasteiger partial charge on any atom is -0.398 e. The molecule has 4 heteroatoms. The first-order chi connectivity index (χ1) is 8.08. The molecule has 1 aromatic carbocycles. The fourth-order valence-electron chi connectivity index (χ4n) is 2.51. The van der Waals surface area contributed by atoms with Crippen molar-refractivity contribution in [3.05, 3.63) is 27.7 Å². The molecule has 0 spiro atoms. The van der Waals surface area contributed by atoms with Crippen LogP contribution in [0.5, 0.6) is 0 Å². The van der Waals surface area contributed by atoms with E-state index in [1.165, 1.54) is 0 Å².